The van der Waals surface area contributed by atoms with E-state index in [2.05, 4.69) is 9.97 Å². The van der Waals surface area contributed by atoms with Crippen molar-refractivity contribution in [3.8, 4) is 34.5 Å². The van der Waals surface area contributed by atoms with Crippen molar-refractivity contribution in [2.75, 3.05) is 42.7 Å². The lowest BCUT2D eigenvalue weighted by molar-refractivity contribution is 0.324. The zero-order valence-corrected chi connectivity index (χ0v) is 20.5. The standard InChI is InChI=1S/C26H28N2O7/c1-30-20-11-16(12-21(31-2)24(20)34-5)7-9-18-15-19(28-26(29)27-18)10-8-17-13-22(32-3)25(35-6)23(14-17)33-4/h7-15H,1-6H3,(H,27,28,29)/b9-7+,10-8+. The van der Waals surface area contributed by atoms with Crippen LogP contribution in [0, 0.1) is 0 Å². The minimum Gasteiger partial charge on any atom is -0.493 e. The lowest BCUT2D eigenvalue weighted by atomic mass is 10.1. The number of nitrogens with one attached hydrogen (secondary N) is 1. The highest BCUT2D eigenvalue weighted by Gasteiger charge is 2.13. The van der Waals surface area contributed by atoms with E-state index in [1.165, 1.54) is 0 Å². The van der Waals surface area contributed by atoms with Crippen LogP contribution in [0.25, 0.3) is 24.3 Å². The molecule has 0 unspecified atom stereocenters. The van der Waals surface area contributed by atoms with Crippen LogP contribution in [0.4, 0.5) is 0 Å². The van der Waals surface area contributed by atoms with Gasteiger partial charge in [0.15, 0.2) is 23.0 Å². The largest absolute Gasteiger partial charge is 0.493 e. The molecule has 0 aliphatic heterocycles. The summed E-state index contributed by atoms with van der Waals surface area (Å²) in [7, 11) is 9.30. The molecule has 1 heterocycles. The monoisotopic (exact) mass is 480 g/mol. The zero-order chi connectivity index (χ0) is 25.4. The Morgan fingerprint density at radius 2 is 1.03 bits per heavy atom. The Morgan fingerprint density at radius 3 is 1.43 bits per heavy atom. The highest BCUT2D eigenvalue weighted by molar-refractivity contribution is 5.74. The van der Waals surface area contributed by atoms with Crippen LogP contribution in [0.1, 0.15) is 22.5 Å². The van der Waals surface area contributed by atoms with Crippen LogP contribution in [0.2, 0.25) is 0 Å². The van der Waals surface area contributed by atoms with E-state index in [0.717, 1.165) is 11.1 Å². The van der Waals surface area contributed by atoms with Gasteiger partial charge in [0, 0.05) is 5.69 Å². The van der Waals surface area contributed by atoms with Crippen molar-refractivity contribution in [1.82, 2.24) is 9.97 Å². The van der Waals surface area contributed by atoms with Crippen LogP contribution >= 0.6 is 0 Å². The first-order chi connectivity index (χ1) is 17.0. The zero-order valence-electron chi connectivity index (χ0n) is 20.5. The van der Waals surface area contributed by atoms with Gasteiger partial charge in [-0.05, 0) is 53.6 Å². The van der Waals surface area contributed by atoms with Crippen LogP contribution in [0.3, 0.4) is 0 Å². The Morgan fingerprint density at radius 1 is 0.600 bits per heavy atom. The van der Waals surface area contributed by atoms with E-state index in [-0.39, 0.29) is 0 Å². The molecule has 0 amide bonds. The fraction of sp³-hybridized carbons (Fsp3) is 0.231. The summed E-state index contributed by atoms with van der Waals surface area (Å²) in [5.74, 6) is 3.12. The van der Waals surface area contributed by atoms with E-state index in [4.69, 9.17) is 28.4 Å². The molecule has 2 aromatic carbocycles. The van der Waals surface area contributed by atoms with Crippen molar-refractivity contribution in [3.63, 3.8) is 0 Å². The second-order valence-corrected chi connectivity index (χ2v) is 7.15. The number of hydrogen-bond donors (Lipinski definition) is 1. The maximum atomic E-state index is 12.2. The Kier molecular flexibility index (Phi) is 8.39. The van der Waals surface area contributed by atoms with E-state index < -0.39 is 5.69 Å². The summed E-state index contributed by atoms with van der Waals surface area (Å²) in [6, 6.07) is 8.97. The molecule has 0 saturated heterocycles. The van der Waals surface area contributed by atoms with Gasteiger partial charge in [0.25, 0.3) is 0 Å². The van der Waals surface area contributed by atoms with Crippen molar-refractivity contribution in [1.29, 1.82) is 0 Å². The van der Waals surface area contributed by atoms with Gasteiger partial charge in [-0.2, -0.15) is 4.98 Å². The van der Waals surface area contributed by atoms with E-state index in [9.17, 15) is 4.79 Å². The molecular weight excluding hydrogens is 452 g/mol. The summed E-state index contributed by atoms with van der Waals surface area (Å²) in [5.41, 5.74) is 2.17. The molecule has 1 N–H and O–H groups in total. The molecule has 35 heavy (non-hydrogen) atoms. The highest BCUT2D eigenvalue weighted by atomic mass is 16.5. The van der Waals surface area contributed by atoms with Gasteiger partial charge in [-0.15, -0.1) is 0 Å². The maximum Gasteiger partial charge on any atom is 0.345 e. The van der Waals surface area contributed by atoms with Crippen molar-refractivity contribution in [2.24, 2.45) is 0 Å². The number of hydrogen-bond acceptors (Lipinski definition) is 8. The molecule has 0 aliphatic rings. The van der Waals surface area contributed by atoms with Crippen LogP contribution < -0.4 is 34.1 Å². The number of aromatic amines is 1. The van der Waals surface area contributed by atoms with Gasteiger partial charge < -0.3 is 33.4 Å². The van der Waals surface area contributed by atoms with Crippen LogP contribution in [0.5, 0.6) is 34.5 Å². The van der Waals surface area contributed by atoms with Gasteiger partial charge in [-0.1, -0.05) is 12.2 Å². The molecule has 0 aliphatic carbocycles. The molecule has 0 fully saturated rings. The topological polar surface area (TPSA) is 101 Å². The predicted octanol–water partition coefficient (Wildman–Crippen LogP) is 4.16. The lowest BCUT2D eigenvalue weighted by Gasteiger charge is -2.12. The summed E-state index contributed by atoms with van der Waals surface area (Å²) in [6.45, 7) is 0. The first-order valence-corrected chi connectivity index (χ1v) is 10.5. The van der Waals surface area contributed by atoms with E-state index in [0.29, 0.717) is 45.9 Å². The molecule has 0 saturated carbocycles. The van der Waals surface area contributed by atoms with Crippen molar-refractivity contribution >= 4 is 24.3 Å². The van der Waals surface area contributed by atoms with Crippen molar-refractivity contribution in [3.05, 3.63) is 63.3 Å². The minimum atomic E-state index is -0.471. The van der Waals surface area contributed by atoms with E-state index >= 15 is 0 Å². The number of nitrogens with zero attached hydrogens (tertiary/aromatic N) is 1. The molecule has 0 spiro atoms. The van der Waals surface area contributed by atoms with Crippen LogP contribution in [-0.4, -0.2) is 52.6 Å². The normalized spacial score (nSPS) is 11.0. The first-order valence-electron chi connectivity index (χ1n) is 10.5. The van der Waals surface area contributed by atoms with Gasteiger partial charge in [-0.3, -0.25) is 0 Å². The Labute approximate surface area is 203 Å². The molecule has 0 radical (unpaired) electrons. The molecule has 184 valence electrons. The number of aromatic nitrogens is 2. The van der Waals surface area contributed by atoms with Crippen LogP contribution in [0.15, 0.2) is 35.1 Å². The van der Waals surface area contributed by atoms with Crippen molar-refractivity contribution < 1.29 is 28.4 Å². The van der Waals surface area contributed by atoms with E-state index in [1.54, 1.807) is 79.1 Å². The molecular formula is C26H28N2O7. The first kappa shape index (κ1) is 25.2. The molecule has 0 bridgehead atoms. The molecule has 3 aromatic rings. The maximum absolute atomic E-state index is 12.2. The van der Waals surface area contributed by atoms with Gasteiger partial charge in [0.1, 0.15) is 0 Å². The summed E-state index contributed by atoms with van der Waals surface area (Å²) < 4.78 is 32.3. The lowest BCUT2D eigenvalue weighted by Crippen LogP contribution is -2.12. The highest BCUT2D eigenvalue weighted by Crippen LogP contribution is 2.39. The molecule has 9 heteroatoms. The average molecular weight is 481 g/mol. The SMILES string of the molecule is COc1cc(/C=C/c2cc(/C=C/c3cc(OC)c(OC)c(OC)c3)[nH]c(=O)n2)cc(OC)c1OC. The fourth-order valence-electron chi connectivity index (χ4n) is 3.43. The number of H-pyrrole nitrogens is 1. The Hall–Kier alpha value is -4.40. The van der Waals surface area contributed by atoms with E-state index in [1.807, 2.05) is 18.2 Å². The van der Waals surface area contributed by atoms with Crippen LogP contribution in [-0.2, 0) is 0 Å². The number of benzene rings is 2. The molecule has 3 rings (SSSR count). The summed E-state index contributed by atoms with van der Waals surface area (Å²) in [4.78, 5) is 18.9. The smallest absolute Gasteiger partial charge is 0.345 e. The molecule has 1 aromatic heterocycles. The predicted molar refractivity (Wildman–Crippen MR) is 135 cm³/mol. The fourth-order valence-corrected chi connectivity index (χ4v) is 3.43. The quantitative estimate of drug-likeness (QED) is 0.462. The number of rotatable bonds is 10. The minimum absolute atomic E-state index is 0.471. The van der Waals surface area contributed by atoms with Crippen molar-refractivity contribution in [2.45, 2.75) is 0 Å². The summed E-state index contributed by atoms with van der Waals surface area (Å²) >= 11 is 0. The third-order valence-corrected chi connectivity index (χ3v) is 5.06. The van der Waals surface area contributed by atoms with Gasteiger partial charge in [0.05, 0.1) is 48.4 Å². The third-order valence-electron chi connectivity index (χ3n) is 5.06. The second kappa shape index (κ2) is 11.6. The summed E-state index contributed by atoms with van der Waals surface area (Å²) in [5, 5.41) is 0. The molecule has 0 atom stereocenters. The Balaban J connectivity index is 1.91. The average Bonchev–Trinajstić information content (AvgIpc) is 2.88. The molecule has 9 nitrogen and oxygen atoms in total. The van der Waals surface area contributed by atoms with Gasteiger partial charge in [0.2, 0.25) is 11.5 Å². The third kappa shape index (κ3) is 5.94. The number of methoxy groups -OCH3 is 6. The van der Waals surface area contributed by atoms with Gasteiger partial charge >= 0.3 is 5.69 Å². The summed E-state index contributed by atoms with van der Waals surface area (Å²) in [6.07, 6.45) is 7.12. The Bertz CT molecular complexity index is 1150. The van der Waals surface area contributed by atoms with Gasteiger partial charge in [-0.25, -0.2) is 4.79 Å². The second-order valence-electron chi connectivity index (χ2n) is 7.15. The number of ether oxygens (including phenoxy) is 6.